The number of aryl methyl sites for hydroxylation is 1. The van der Waals surface area contributed by atoms with E-state index in [2.05, 4.69) is 70.9 Å². The first-order valence-corrected chi connectivity index (χ1v) is 9.23. The van der Waals surface area contributed by atoms with E-state index in [1.54, 1.807) is 0 Å². The number of benzene rings is 2. The van der Waals surface area contributed by atoms with E-state index in [-0.39, 0.29) is 0 Å². The average molecular weight is 338 g/mol. The zero-order valence-electron chi connectivity index (χ0n) is 13.7. The molecule has 0 spiro atoms. The molecule has 6 rings (SSSR count). The minimum absolute atomic E-state index is 1.05. The third-order valence-electron chi connectivity index (χ3n) is 5.15. The second kappa shape index (κ2) is 4.58. The molecule has 0 saturated heterocycles. The highest BCUT2D eigenvalue weighted by molar-refractivity contribution is 7.22. The highest BCUT2D eigenvalue weighted by atomic mass is 32.1. The second-order valence-electron chi connectivity index (χ2n) is 6.55. The molecule has 0 aliphatic rings. The average Bonchev–Trinajstić information content (AvgIpc) is 3.29. The van der Waals surface area contributed by atoms with E-state index in [0.29, 0.717) is 0 Å². The molecule has 0 radical (unpaired) electrons. The summed E-state index contributed by atoms with van der Waals surface area (Å²) >= 11 is 1.83. The van der Waals surface area contributed by atoms with Gasteiger partial charge in [-0.1, -0.05) is 36.4 Å². The van der Waals surface area contributed by atoms with Crippen LogP contribution in [-0.4, -0.2) is 9.38 Å². The van der Waals surface area contributed by atoms with Gasteiger partial charge in [-0.15, -0.1) is 11.3 Å². The molecule has 6 aromatic rings. The van der Waals surface area contributed by atoms with Crippen LogP contribution in [0.4, 0.5) is 0 Å². The predicted octanol–water partition coefficient (Wildman–Crippen LogP) is 6.27. The van der Waals surface area contributed by atoms with Crippen molar-refractivity contribution in [2.75, 3.05) is 0 Å². The normalized spacial score (nSPS) is 12.2. The van der Waals surface area contributed by atoms with E-state index in [0.717, 1.165) is 5.69 Å². The van der Waals surface area contributed by atoms with Gasteiger partial charge < -0.3 is 0 Å². The van der Waals surface area contributed by atoms with Gasteiger partial charge in [0.25, 0.3) is 0 Å². The summed E-state index contributed by atoms with van der Waals surface area (Å²) in [6.45, 7) is 2.21. The number of rotatable bonds is 1. The minimum atomic E-state index is 1.05. The summed E-state index contributed by atoms with van der Waals surface area (Å²) in [4.78, 5) is 7.08. The quantitative estimate of drug-likeness (QED) is 0.345. The van der Waals surface area contributed by atoms with Gasteiger partial charge in [-0.3, -0.25) is 9.38 Å². The minimum Gasteiger partial charge on any atom is -0.299 e. The topological polar surface area (TPSA) is 17.3 Å². The van der Waals surface area contributed by atoms with Crippen molar-refractivity contribution >= 4 is 48.7 Å². The first-order chi connectivity index (χ1) is 12.3. The van der Waals surface area contributed by atoms with Crippen LogP contribution in [0.15, 0.2) is 66.9 Å². The Balaban J connectivity index is 1.87. The smallest absolute Gasteiger partial charge is 0.109 e. The molecule has 0 aliphatic carbocycles. The van der Waals surface area contributed by atoms with E-state index < -0.39 is 0 Å². The molecule has 0 amide bonds. The van der Waals surface area contributed by atoms with Gasteiger partial charge in [0.1, 0.15) is 4.83 Å². The molecule has 2 nitrogen and oxygen atoms in total. The summed E-state index contributed by atoms with van der Waals surface area (Å²) in [5, 5.41) is 5.40. The molecule has 0 atom stereocenters. The Labute approximate surface area is 148 Å². The van der Waals surface area contributed by atoms with Crippen molar-refractivity contribution in [2.24, 2.45) is 0 Å². The van der Waals surface area contributed by atoms with Crippen LogP contribution in [0.2, 0.25) is 0 Å². The fourth-order valence-electron chi connectivity index (χ4n) is 4.07. The largest absolute Gasteiger partial charge is 0.299 e. The highest BCUT2D eigenvalue weighted by Crippen LogP contribution is 2.44. The lowest BCUT2D eigenvalue weighted by molar-refractivity contribution is 1.34. The van der Waals surface area contributed by atoms with E-state index in [4.69, 9.17) is 0 Å². The summed E-state index contributed by atoms with van der Waals surface area (Å²) < 4.78 is 2.44. The Hall–Kier alpha value is -2.91. The number of para-hydroxylation sites is 1. The monoisotopic (exact) mass is 338 g/mol. The summed E-state index contributed by atoms with van der Waals surface area (Å²) in [5.41, 5.74) is 5.03. The number of fused-ring (bicyclic) bond motifs is 6. The Morgan fingerprint density at radius 3 is 2.64 bits per heavy atom. The lowest BCUT2D eigenvalue weighted by atomic mass is 10.0. The van der Waals surface area contributed by atoms with Gasteiger partial charge in [0.05, 0.1) is 21.6 Å². The highest BCUT2D eigenvalue weighted by Gasteiger charge is 2.20. The van der Waals surface area contributed by atoms with Crippen LogP contribution < -0.4 is 0 Å². The molecule has 0 N–H and O–H groups in total. The SMILES string of the molecule is Cc1ccc2c3ccccc3n3c4sc(-c5ccccn5)cc4c1c23. The fraction of sp³-hybridized carbons (Fsp3) is 0.0455. The Kier molecular flexibility index (Phi) is 2.46. The molecule has 4 aromatic heterocycles. The van der Waals surface area contributed by atoms with Crippen molar-refractivity contribution in [1.82, 2.24) is 9.38 Å². The molecule has 0 bridgehead atoms. The number of nitrogens with zero attached hydrogens (tertiary/aromatic N) is 2. The maximum Gasteiger partial charge on any atom is 0.109 e. The Morgan fingerprint density at radius 2 is 1.76 bits per heavy atom. The van der Waals surface area contributed by atoms with Gasteiger partial charge in [-0.05, 0) is 36.8 Å². The number of hydrogen-bond acceptors (Lipinski definition) is 2. The fourth-order valence-corrected chi connectivity index (χ4v) is 5.23. The van der Waals surface area contributed by atoms with Crippen LogP contribution in [0.5, 0.6) is 0 Å². The molecule has 0 fully saturated rings. The van der Waals surface area contributed by atoms with Gasteiger partial charge in [-0.25, -0.2) is 0 Å². The predicted molar refractivity (Wildman–Crippen MR) is 107 cm³/mol. The molecule has 118 valence electrons. The molecule has 25 heavy (non-hydrogen) atoms. The van der Waals surface area contributed by atoms with Crippen molar-refractivity contribution in [3.8, 4) is 10.6 Å². The van der Waals surface area contributed by atoms with Gasteiger partial charge in [0.15, 0.2) is 0 Å². The standard InChI is InChI=1S/C22H14N2S/c1-13-9-10-15-14-6-2-3-8-18(14)24-21(15)20(13)16-12-19(25-22(16)24)17-7-4-5-11-23-17/h2-12H,1H3. The van der Waals surface area contributed by atoms with Gasteiger partial charge >= 0.3 is 0 Å². The summed E-state index contributed by atoms with van der Waals surface area (Å²) in [6.07, 6.45) is 1.86. The van der Waals surface area contributed by atoms with E-state index >= 15 is 0 Å². The first-order valence-electron chi connectivity index (χ1n) is 8.41. The Morgan fingerprint density at radius 1 is 0.880 bits per heavy atom. The first kappa shape index (κ1) is 13.4. The van der Waals surface area contributed by atoms with Crippen LogP contribution in [0.3, 0.4) is 0 Å². The number of thiophene rings is 1. The molecule has 0 aliphatic heterocycles. The van der Waals surface area contributed by atoms with Crippen molar-refractivity contribution in [3.05, 3.63) is 72.4 Å². The molecule has 2 aromatic carbocycles. The molecule has 3 heteroatoms. The molecule has 4 heterocycles. The summed E-state index contributed by atoms with van der Waals surface area (Å²) in [6, 6.07) is 21.6. The number of hydrogen-bond donors (Lipinski definition) is 0. The van der Waals surface area contributed by atoms with Gasteiger partial charge in [0.2, 0.25) is 0 Å². The van der Waals surface area contributed by atoms with Crippen molar-refractivity contribution < 1.29 is 0 Å². The molecular formula is C22H14N2S. The van der Waals surface area contributed by atoms with Crippen LogP contribution in [0, 0.1) is 6.92 Å². The van der Waals surface area contributed by atoms with Crippen LogP contribution in [-0.2, 0) is 0 Å². The molecule has 0 saturated carbocycles. The van der Waals surface area contributed by atoms with Gasteiger partial charge in [-0.2, -0.15) is 0 Å². The molecule has 0 unspecified atom stereocenters. The maximum absolute atomic E-state index is 4.54. The van der Waals surface area contributed by atoms with E-state index in [9.17, 15) is 0 Å². The van der Waals surface area contributed by atoms with E-state index in [1.165, 1.54) is 47.8 Å². The third-order valence-corrected chi connectivity index (χ3v) is 6.29. The summed E-state index contributed by atoms with van der Waals surface area (Å²) in [5.74, 6) is 0. The summed E-state index contributed by atoms with van der Waals surface area (Å²) in [7, 11) is 0. The number of aromatic nitrogens is 2. The lowest BCUT2D eigenvalue weighted by Crippen LogP contribution is -1.79. The van der Waals surface area contributed by atoms with Crippen LogP contribution >= 0.6 is 11.3 Å². The zero-order chi connectivity index (χ0) is 16.5. The maximum atomic E-state index is 4.54. The Bertz CT molecular complexity index is 1390. The van der Waals surface area contributed by atoms with Crippen LogP contribution in [0.25, 0.3) is 48.0 Å². The van der Waals surface area contributed by atoms with Crippen molar-refractivity contribution in [3.63, 3.8) is 0 Å². The second-order valence-corrected chi connectivity index (χ2v) is 7.58. The molecular weight excluding hydrogens is 324 g/mol. The van der Waals surface area contributed by atoms with E-state index in [1.807, 2.05) is 23.6 Å². The zero-order valence-corrected chi connectivity index (χ0v) is 14.5. The van der Waals surface area contributed by atoms with Crippen molar-refractivity contribution in [2.45, 2.75) is 6.92 Å². The van der Waals surface area contributed by atoms with Crippen molar-refractivity contribution in [1.29, 1.82) is 0 Å². The number of pyridine rings is 1. The lowest BCUT2D eigenvalue weighted by Gasteiger charge is -1.98. The van der Waals surface area contributed by atoms with Crippen LogP contribution in [0.1, 0.15) is 5.56 Å². The third kappa shape index (κ3) is 1.61. The van der Waals surface area contributed by atoms with Gasteiger partial charge in [0, 0.05) is 27.7 Å².